The number of hydrogen-bond donors (Lipinski definition) is 6. The van der Waals surface area contributed by atoms with Gasteiger partial charge in [0.2, 0.25) is 0 Å². The molecule has 487 valence electrons. The number of aryl methyl sites for hydroxylation is 7. The van der Waals surface area contributed by atoms with E-state index in [1.54, 1.807) is 77.9 Å². The number of nitrogens with two attached hydrogens (primary N) is 1. The fraction of sp³-hybridized carbons (Fsp3) is 0.390. The van der Waals surface area contributed by atoms with Gasteiger partial charge in [-0.05, 0) is 184 Å². The summed E-state index contributed by atoms with van der Waals surface area (Å²) in [4.78, 5) is 65.5. The van der Waals surface area contributed by atoms with Crippen LogP contribution < -0.4 is 35.3 Å². The van der Waals surface area contributed by atoms with Gasteiger partial charge in [0.1, 0.15) is 23.8 Å². The van der Waals surface area contributed by atoms with E-state index in [0.29, 0.717) is 22.3 Å². The Bertz CT molecular complexity index is 3560. The molecule has 33 heteroatoms. The van der Waals surface area contributed by atoms with Crippen LogP contribution in [0.3, 0.4) is 0 Å². The Hall–Kier alpha value is -6.16. The standard InChI is InChI=1S/C12H10BrN3O2.C12H11N3O2.C11H8BrN3O2.C9H10BrNO2.C6H14O2.C4H7BN2.C4H8O.CH4O.BHNS.Na.H2O/c1-18-12(17)8-4-7-2-3-16-11(9(13)6-15-16)10(7)14-5-8;1-17-12(16)9-6-8-3-5-15-10(2-4-14-15)11(8)13-7-9;12-8-5-14-15-2-1-6-3-7(11(16)17)4-13-9(6)10(8)15;1-3-6-4-7(9(12)13-2)5-11-8(6)10;1-5(2,7)6(3,4)8;1-7-4(5)2-3-6;1-2-4-5-3-1;1-2;1-2-3;;/h4-6H,2-3H2,1H3;2,4,6-7H,3,5H2,1H3;3-5H,1-2H2,(H,16,17);4-5H,3H2,1-2H3;7-8H,1-4H3;2-3H,6H2,1H3;1-4H2;2H,1H3;3H;;1H2/q;;;;;;;;;+1;/p-1. The van der Waals surface area contributed by atoms with Gasteiger partial charge in [0.05, 0.1) is 98.9 Å². The molecular formula is C59H74B2Br3N13NaO13S. The summed E-state index contributed by atoms with van der Waals surface area (Å²) in [5, 5.41) is 46.8. The maximum absolute atomic E-state index is 11.5. The number of thiol groups is 1. The number of fused-ring (bicyclic) bond motifs is 9. The maximum atomic E-state index is 11.5. The van der Waals surface area contributed by atoms with Gasteiger partial charge in [-0.1, -0.05) is 6.92 Å². The maximum Gasteiger partial charge on any atom is 1.00 e. The van der Waals surface area contributed by atoms with E-state index in [-0.39, 0.29) is 58.5 Å². The van der Waals surface area contributed by atoms with E-state index < -0.39 is 17.2 Å². The Labute approximate surface area is 589 Å². The Morgan fingerprint density at radius 2 is 1.09 bits per heavy atom. The summed E-state index contributed by atoms with van der Waals surface area (Å²) in [5.41, 5.74) is 14.7. The Balaban J connectivity index is 0.000000546. The summed E-state index contributed by atoms with van der Waals surface area (Å²) in [6.45, 7) is 12.7. The average Bonchev–Trinajstić information content (AvgIpc) is 1.54. The number of aromatic nitrogens is 10. The fourth-order valence-corrected chi connectivity index (χ4v) is 9.38. The number of carbonyl (C=O) groups is 4. The van der Waals surface area contributed by atoms with Crippen molar-refractivity contribution in [3.63, 3.8) is 0 Å². The van der Waals surface area contributed by atoms with Crippen molar-refractivity contribution >= 4 is 106 Å². The van der Waals surface area contributed by atoms with Gasteiger partial charge in [-0.2, -0.15) is 15.3 Å². The quantitative estimate of drug-likeness (QED) is 0.0302. The smallest absolute Gasteiger partial charge is 0.870 e. The van der Waals surface area contributed by atoms with Gasteiger partial charge in [-0.3, -0.25) is 29.0 Å². The number of halogens is 3. The van der Waals surface area contributed by atoms with Crippen LogP contribution in [0.15, 0.2) is 109 Å². The molecule has 4 aliphatic rings. The number of ether oxygens (including phenoxy) is 4. The third-order valence-electron chi connectivity index (χ3n) is 13.3. The molecule has 3 radical (unpaired) electrons. The summed E-state index contributed by atoms with van der Waals surface area (Å²) >= 11 is 13.4. The SMILES string of the molecule is C1CCOC1.CC(C)(O)C(C)(C)O.CCc1cc(C(=O)OC)cnc1Br.CO.COC(=O)c1cnc2c(c1)CCn1ncc(Br)c1-2.COC(=O)c1cnc2c(c1)CCn1nccc1-2.O=C(O)c1cnc2c(c1)CCn1ncc(Br)c1-2.[B]=NS.[B]C(C=CN)=NC.[Na+].[OH-]. The number of aliphatic hydroxyl groups is 3. The molecule has 11 rings (SSSR count). The van der Waals surface area contributed by atoms with Crippen molar-refractivity contribution < 1.29 is 93.6 Å². The molecule has 0 unspecified atom stereocenters. The van der Waals surface area contributed by atoms with Crippen LogP contribution in [0.1, 0.15) is 111 Å². The molecule has 0 aliphatic carbocycles. The molecule has 92 heavy (non-hydrogen) atoms. The molecule has 4 aliphatic heterocycles. The van der Waals surface area contributed by atoms with Crippen LogP contribution >= 0.6 is 60.6 Å². The first-order chi connectivity index (χ1) is 42.8. The Morgan fingerprint density at radius 3 is 1.46 bits per heavy atom. The molecule has 0 bridgehead atoms. The second-order valence-electron chi connectivity index (χ2n) is 19.9. The molecule has 7 aromatic rings. The van der Waals surface area contributed by atoms with Crippen LogP contribution in [0.2, 0.25) is 0 Å². The molecule has 0 aromatic carbocycles. The number of nitrogens with zero attached hydrogens (tertiary/aromatic N) is 12. The van der Waals surface area contributed by atoms with Crippen LogP contribution in [0.25, 0.3) is 34.2 Å². The largest absolute Gasteiger partial charge is 1.00 e. The van der Waals surface area contributed by atoms with Gasteiger partial charge in [0, 0.05) is 78.0 Å². The summed E-state index contributed by atoms with van der Waals surface area (Å²) in [5.74, 6) is -2.00. The van der Waals surface area contributed by atoms with Crippen molar-refractivity contribution in [3.05, 3.63) is 144 Å². The first kappa shape index (κ1) is 83.9. The molecule has 0 amide bonds. The van der Waals surface area contributed by atoms with Crippen LogP contribution in [0.4, 0.5) is 0 Å². The fourth-order valence-electron chi connectivity index (χ4n) is 7.92. The van der Waals surface area contributed by atoms with Gasteiger partial charge in [0.25, 0.3) is 0 Å². The van der Waals surface area contributed by atoms with Crippen molar-refractivity contribution in [1.29, 1.82) is 0 Å². The van der Waals surface area contributed by atoms with Gasteiger partial charge in [0.15, 0.2) is 0 Å². The Kier molecular flexibility index (Phi) is 38.5. The number of aliphatic hydroxyl groups excluding tert-OH is 1. The molecule has 1 fully saturated rings. The molecule has 7 aromatic heterocycles. The first-order valence-corrected chi connectivity index (χ1v) is 30.3. The summed E-state index contributed by atoms with van der Waals surface area (Å²) < 4.78 is 29.9. The van der Waals surface area contributed by atoms with Crippen molar-refractivity contribution in [3.8, 4) is 34.2 Å². The zero-order valence-corrected chi connectivity index (χ0v) is 60.7. The molecule has 11 heterocycles. The zero-order chi connectivity index (χ0) is 67.3. The van der Waals surface area contributed by atoms with E-state index in [2.05, 4.69) is 122 Å². The second-order valence-corrected chi connectivity index (χ2v) is 22.6. The van der Waals surface area contributed by atoms with E-state index in [1.165, 1.54) is 58.8 Å². The normalized spacial score (nSPS) is 12.4. The molecule has 1 saturated heterocycles. The minimum atomic E-state index is -1.01. The van der Waals surface area contributed by atoms with E-state index >= 15 is 0 Å². The van der Waals surface area contributed by atoms with Crippen LogP contribution in [0, 0.1) is 0 Å². The third kappa shape index (κ3) is 25.0. The van der Waals surface area contributed by atoms with Gasteiger partial charge >= 0.3 is 78.2 Å². The number of carbonyl (C=O) groups excluding carboxylic acids is 3. The van der Waals surface area contributed by atoms with Gasteiger partial charge in [-0.15, -0.1) is 0 Å². The van der Waals surface area contributed by atoms with Crippen molar-refractivity contribution in [1.82, 2.24) is 49.3 Å². The number of carboxylic acids is 1. The van der Waals surface area contributed by atoms with E-state index in [1.807, 2.05) is 39.2 Å². The van der Waals surface area contributed by atoms with Crippen LogP contribution in [-0.2, 0) is 64.3 Å². The van der Waals surface area contributed by atoms with Crippen molar-refractivity contribution in [2.45, 2.75) is 104 Å². The topological polar surface area (TPSA) is 372 Å². The van der Waals surface area contributed by atoms with Crippen molar-refractivity contribution in [2.75, 3.05) is 48.7 Å². The zero-order valence-electron chi connectivity index (χ0n) is 53.0. The number of allylic oxidation sites excluding steroid dienone is 1. The monoisotopic (exact) mass is 1490 g/mol. The van der Waals surface area contributed by atoms with Crippen LogP contribution in [0.5, 0.6) is 0 Å². The molecule has 0 atom stereocenters. The minimum Gasteiger partial charge on any atom is -0.870 e. The number of aliphatic imine (C=N–C) groups is 1. The molecule has 26 nitrogen and oxygen atoms in total. The molecular weight excluding hydrogens is 1420 g/mol. The predicted octanol–water partition coefficient (Wildman–Crippen LogP) is 5.09. The first-order valence-electron chi connectivity index (χ1n) is 27.5. The number of carboxylic acid groups (broad SMARTS) is 1. The average molecular weight is 1490 g/mol. The molecule has 0 spiro atoms. The molecule has 0 saturated carbocycles. The summed E-state index contributed by atoms with van der Waals surface area (Å²) in [7, 11) is 16.2. The summed E-state index contributed by atoms with van der Waals surface area (Å²) in [6, 6.07) is 9.10. The predicted molar refractivity (Wildman–Crippen MR) is 358 cm³/mol. The second kappa shape index (κ2) is 42.2. The van der Waals surface area contributed by atoms with E-state index in [9.17, 15) is 19.2 Å². The number of aromatic carboxylic acids is 1. The van der Waals surface area contributed by atoms with E-state index in [0.717, 1.165) is 136 Å². The number of methoxy groups -OCH3 is 3. The number of rotatable bonds is 7. The van der Waals surface area contributed by atoms with Crippen molar-refractivity contribution in [2.24, 2.45) is 15.0 Å². The van der Waals surface area contributed by atoms with E-state index in [4.69, 9.17) is 43.5 Å². The summed E-state index contributed by atoms with van der Waals surface area (Å²) in [6.07, 6.45) is 19.9. The number of hydrogen-bond acceptors (Lipinski definition) is 23. The Morgan fingerprint density at radius 1 is 0.696 bits per heavy atom. The third-order valence-corrected chi connectivity index (χ3v) is 15.2. The minimum absolute atomic E-state index is 0. The van der Waals surface area contributed by atoms with Gasteiger partial charge in [-0.25, -0.2) is 24.2 Å². The number of esters is 3. The number of pyridine rings is 4. The van der Waals surface area contributed by atoms with Crippen LogP contribution in [-0.4, -0.2) is 180 Å². The van der Waals surface area contributed by atoms with Gasteiger partial charge < -0.3 is 55.6 Å². The molecule has 7 N–H and O–H groups in total.